The van der Waals surface area contributed by atoms with Gasteiger partial charge in [0, 0.05) is 17.0 Å². The van der Waals surface area contributed by atoms with Crippen molar-refractivity contribution in [3.05, 3.63) is 75.1 Å². The lowest BCUT2D eigenvalue weighted by Crippen LogP contribution is -2.06. The van der Waals surface area contributed by atoms with Gasteiger partial charge < -0.3 is 13.9 Å². The highest BCUT2D eigenvalue weighted by molar-refractivity contribution is 5.89. The normalized spacial score (nSPS) is 10.7. The molecule has 0 unspecified atom stereocenters. The third-order valence-electron chi connectivity index (χ3n) is 4.18. The summed E-state index contributed by atoms with van der Waals surface area (Å²) in [6.45, 7) is 6.24. The Bertz CT molecular complexity index is 1020. The van der Waals surface area contributed by atoms with Crippen LogP contribution in [-0.2, 0) is 11.3 Å². The molecule has 3 rings (SSSR count). The van der Waals surface area contributed by atoms with Gasteiger partial charge in [0.25, 0.3) is 0 Å². The summed E-state index contributed by atoms with van der Waals surface area (Å²) in [5.74, 6) is 0.135. The molecule has 0 aliphatic heterocycles. The van der Waals surface area contributed by atoms with Crippen LogP contribution < -0.4 is 10.4 Å². The van der Waals surface area contributed by atoms with Crippen LogP contribution in [-0.4, -0.2) is 12.6 Å². The second-order valence-electron chi connectivity index (χ2n) is 6.06. The first-order valence-corrected chi connectivity index (χ1v) is 8.42. The van der Waals surface area contributed by atoms with Crippen molar-refractivity contribution in [2.45, 2.75) is 27.4 Å². The van der Waals surface area contributed by atoms with Crippen LogP contribution in [0.4, 0.5) is 0 Å². The Morgan fingerprint density at radius 3 is 2.62 bits per heavy atom. The first-order valence-electron chi connectivity index (χ1n) is 8.42. The van der Waals surface area contributed by atoms with Crippen molar-refractivity contribution in [1.82, 2.24) is 0 Å². The van der Waals surface area contributed by atoms with Gasteiger partial charge in [0.05, 0.1) is 12.2 Å². The van der Waals surface area contributed by atoms with Crippen LogP contribution in [0.1, 0.15) is 34.0 Å². The van der Waals surface area contributed by atoms with E-state index in [9.17, 15) is 9.59 Å². The Kier molecular flexibility index (Phi) is 5.07. The Hall–Kier alpha value is -3.08. The van der Waals surface area contributed by atoms with Gasteiger partial charge in [-0.3, -0.25) is 0 Å². The number of carbonyl (C=O) groups is 1. The van der Waals surface area contributed by atoms with Gasteiger partial charge in [0.15, 0.2) is 0 Å². The number of hydrogen-bond donors (Lipinski definition) is 0. The zero-order valence-corrected chi connectivity index (χ0v) is 15.0. The third kappa shape index (κ3) is 3.77. The van der Waals surface area contributed by atoms with Crippen LogP contribution in [0.2, 0.25) is 0 Å². The quantitative estimate of drug-likeness (QED) is 0.509. The monoisotopic (exact) mass is 352 g/mol. The Balaban J connectivity index is 1.88. The van der Waals surface area contributed by atoms with Gasteiger partial charge in [-0.1, -0.05) is 6.07 Å². The molecule has 1 aromatic heterocycles. The number of carbonyl (C=O) groups excluding carboxylic acids is 1. The predicted octanol–water partition coefficient (Wildman–Crippen LogP) is 4.17. The lowest BCUT2D eigenvalue weighted by atomic mass is 10.0. The van der Waals surface area contributed by atoms with Gasteiger partial charge in [0.1, 0.15) is 17.9 Å². The van der Waals surface area contributed by atoms with Gasteiger partial charge in [-0.2, -0.15) is 0 Å². The number of aryl methyl sites for hydroxylation is 2. The van der Waals surface area contributed by atoms with E-state index in [4.69, 9.17) is 13.9 Å². The van der Waals surface area contributed by atoms with Crippen LogP contribution >= 0.6 is 0 Å². The van der Waals surface area contributed by atoms with Crippen LogP contribution in [0.5, 0.6) is 5.75 Å². The molecule has 5 heteroatoms. The molecule has 0 spiro atoms. The molecule has 0 aliphatic carbocycles. The summed E-state index contributed by atoms with van der Waals surface area (Å²) in [6, 6.07) is 12.1. The molecule has 134 valence electrons. The van der Waals surface area contributed by atoms with E-state index in [0.29, 0.717) is 23.5 Å². The minimum Gasteiger partial charge on any atom is -0.489 e. The summed E-state index contributed by atoms with van der Waals surface area (Å²) in [6.07, 6.45) is 0. The first-order chi connectivity index (χ1) is 12.5. The summed E-state index contributed by atoms with van der Waals surface area (Å²) in [4.78, 5) is 23.7. The van der Waals surface area contributed by atoms with E-state index in [1.54, 1.807) is 31.2 Å². The molecular formula is C21H20O5. The number of esters is 1. The van der Waals surface area contributed by atoms with Crippen molar-refractivity contribution in [2.75, 3.05) is 6.61 Å². The van der Waals surface area contributed by atoms with Gasteiger partial charge in [-0.05, 0) is 62.2 Å². The van der Waals surface area contributed by atoms with Crippen molar-refractivity contribution in [3.63, 3.8) is 0 Å². The Morgan fingerprint density at radius 1 is 1.08 bits per heavy atom. The standard InChI is InChI=1S/C21H20O5/c1-4-24-21(23)15-6-5-7-17(10-15)25-12-16-11-20(22)26-19-9-14(3)13(2)8-18(16)19/h5-11H,4,12H2,1-3H3. The molecule has 0 saturated heterocycles. The zero-order chi connectivity index (χ0) is 18.7. The number of rotatable bonds is 5. The highest BCUT2D eigenvalue weighted by atomic mass is 16.5. The highest BCUT2D eigenvalue weighted by Gasteiger charge is 2.10. The molecule has 0 saturated carbocycles. The van der Waals surface area contributed by atoms with Gasteiger partial charge in [0.2, 0.25) is 0 Å². The summed E-state index contributed by atoms with van der Waals surface area (Å²) < 4.78 is 16.1. The van der Waals surface area contributed by atoms with E-state index < -0.39 is 11.6 Å². The topological polar surface area (TPSA) is 65.7 Å². The van der Waals surface area contributed by atoms with E-state index >= 15 is 0 Å². The molecule has 5 nitrogen and oxygen atoms in total. The number of fused-ring (bicyclic) bond motifs is 1. The summed E-state index contributed by atoms with van der Waals surface area (Å²) in [5, 5.41) is 0.842. The third-order valence-corrected chi connectivity index (χ3v) is 4.18. The smallest absolute Gasteiger partial charge is 0.338 e. The molecule has 3 aromatic rings. The van der Waals surface area contributed by atoms with E-state index in [-0.39, 0.29) is 6.61 Å². The second kappa shape index (κ2) is 7.44. The van der Waals surface area contributed by atoms with Crippen LogP contribution in [0.3, 0.4) is 0 Å². The number of ether oxygens (including phenoxy) is 2. The maximum atomic E-state index is 11.8. The van der Waals surface area contributed by atoms with E-state index in [0.717, 1.165) is 22.1 Å². The van der Waals surface area contributed by atoms with E-state index in [1.165, 1.54) is 6.07 Å². The molecule has 0 fully saturated rings. The van der Waals surface area contributed by atoms with Crippen LogP contribution in [0.25, 0.3) is 11.0 Å². The van der Waals surface area contributed by atoms with Crippen molar-refractivity contribution < 1.29 is 18.7 Å². The number of benzene rings is 2. The fourth-order valence-corrected chi connectivity index (χ4v) is 2.69. The number of hydrogen-bond acceptors (Lipinski definition) is 5. The van der Waals surface area contributed by atoms with E-state index in [2.05, 4.69) is 0 Å². The molecular weight excluding hydrogens is 332 g/mol. The predicted molar refractivity (Wildman–Crippen MR) is 98.7 cm³/mol. The molecule has 0 radical (unpaired) electrons. The summed E-state index contributed by atoms with van der Waals surface area (Å²) in [5.41, 5.74) is 3.45. The lowest BCUT2D eigenvalue weighted by molar-refractivity contribution is 0.0526. The Labute approximate surface area is 151 Å². The zero-order valence-electron chi connectivity index (χ0n) is 15.0. The van der Waals surface area contributed by atoms with Crippen molar-refractivity contribution in [3.8, 4) is 5.75 Å². The minimum atomic E-state index is -0.417. The fourth-order valence-electron chi connectivity index (χ4n) is 2.69. The molecule has 0 amide bonds. The maximum Gasteiger partial charge on any atom is 0.338 e. The molecule has 0 atom stereocenters. The van der Waals surface area contributed by atoms with Crippen LogP contribution in [0.15, 0.2) is 51.7 Å². The van der Waals surface area contributed by atoms with Crippen LogP contribution in [0, 0.1) is 13.8 Å². The van der Waals surface area contributed by atoms with Gasteiger partial charge in [-0.15, -0.1) is 0 Å². The second-order valence-corrected chi connectivity index (χ2v) is 6.06. The Morgan fingerprint density at radius 2 is 1.85 bits per heavy atom. The average molecular weight is 352 g/mol. The summed E-state index contributed by atoms with van der Waals surface area (Å²) >= 11 is 0. The average Bonchev–Trinajstić information content (AvgIpc) is 2.61. The maximum absolute atomic E-state index is 11.8. The SMILES string of the molecule is CCOC(=O)c1cccc(OCc2cc(=O)oc3cc(C)c(C)cc23)c1. The minimum absolute atomic E-state index is 0.191. The highest BCUT2D eigenvalue weighted by Crippen LogP contribution is 2.23. The fraction of sp³-hybridized carbons (Fsp3) is 0.238. The van der Waals surface area contributed by atoms with E-state index in [1.807, 2.05) is 26.0 Å². The molecule has 0 N–H and O–H groups in total. The van der Waals surface area contributed by atoms with Gasteiger partial charge in [-0.25, -0.2) is 9.59 Å². The van der Waals surface area contributed by atoms with Crippen molar-refractivity contribution in [2.24, 2.45) is 0 Å². The largest absolute Gasteiger partial charge is 0.489 e. The molecule has 0 aliphatic rings. The van der Waals surface area contributed by atoms with Gasteiger partial charge >= 0.3 is 11.6 Å². The summed E-state index contributed by atoms with van der Waals surface area (Å²) in [7, 11) is 0. The first kappa shape index (κ1) is 17.7. The molecule has 2 aromatic carbocycles. The van der Waals surface area contributed by atoms with Crippen molar-refractivity contribution in [1.29, 1.82) is 0 Å². The molecule has 0 bridgehead atoms. The molecule has 1 heterocycles. The lowest BCUT2D eigenvalue weighted by Gasteiger charge is -2.11. The molecule has 26 heavy (non-hydrogen) atoms. The van der Waals surface area contributed by atoms with Crippen molar-refractivity contribution >= 4 is 16.9 Å².